The summed E-state index contributed by atoms with van der Waals surface area (Å²) < 4.78 is 13.7. The number of rotatable bonds is 8. The Hall–Kier alpha value is -3.44. The van der Waals surface area contributed by atoms with Crippen molar-refractivity contribution in [2.24, 2.45) is 0 Å². The SMILES string of the molecule is COc1ccccc1OCCn1c(SCc2cccc3ccccc23)nc2ccccc21. The summed E-state index contributed by atoms with van der Waals surface area (Å²) in [6.45, 7) is 1.24. The normalized spacial score (nSPS) is 11.2. The molecule has 0 atom stereocenters. The van der Waals surface area contributed by atoms with E-state index in [1.54, 1.807) is 18.9 Å². The highest BCUT2D eigenvalue weighted by Crippen LogP contribution is 2.30. The Bertz CT molecular complexity index is 1360. The summed E-state index contributed by atoms with van der Waals surface area (Å²) in [5.41, 5.74) is 3.44. The number of para-hydroxylation sites is 4. The van der Waals surface area contributed by atoms with Gasteiger partial charge < -0.3 is 14.0 Å². The maximum Gasteiger partial charge on any atom is 0.169 e. The van der Waals surface area contributed by atoms with Gasteiger partial charge in [-0.15, -0.1) is 0 Å². The minimum atomic E-state index is 0.530. The zero-order valence-electron chi connectivity index (χ0n) is 17.9. The number of aromatic nitrogens is 2. The third kappa shape index (κ3) is 4.16. The van der Waals surface area contributed by atoms with Crippen molar-refractivity contribution in [3.05, 3.63) is 96.6 Å². The van der Waals surface area contributed by atoms with Crippen LogP contribution in [0, 0.1) is 0 Å². The Morgan fingerprint density at radius 1 is 0.812 bits per heavy atom. The monoisotopic (exact) mass is 440 g/mol. The molecule has 0 saturated carbocycles. The van der Waals surface area contributed by atoms with Crippen LogP contribution >= 0.6 is 11.8 Å². The fourth-order valence-corrected chi connectivity index (χ4v) is 4.97. The summed E-state index contributed by atoms with van der Waals surface area (Å²) in [5.74, 6) is 2.36. The van der Waals surface area contributed by atoms with Crippen LogP contribution in [0.1, 0.15) is 5.56 Å². The number of benzene rings is 4. The molecule has 0 fully saturated rings. The van der Waals surface area contributed by atoms with Gasteiger partial charge in [0.2, 0.25) is 0 Å². The molecule has 5 heteroatoms. The van der Waals surface area contributed by atoms with Gasteiger partial charge in [0, 0.05) is 5.75 Å². The van der Waals surface area contributed by atoms with E-state index in [1.165, 1.54) is 16.3 Å². The summed E-state index contributed by atoms with van der Waals surface area (Å²) in [7, 11) is 1.66. The summed E-state index contributed by atoms with van der Waals surface area (Å²) >= 11 is 1.77. The van der Waals surface area contributed by atoms with Gasteiger partial charge in [-0.25, -0.2) is 4.98 Å². The highest BCUT2D eigenvalue weighted by atomic mass is 32.2. The molecule has 0 aliphatic heterocycles. The van der Waals surface area contributed by atoms with Gasteiger partial charge in [0.05, 0.1) is 24.7 Å². The van der Waals surface area contributed by atoms with Crippen LogP contribution in [0.15, 0.2) is 96.2 Å². The molecule has 32 heavy (non-hydrogen) atoms. The van der Waals surface area contributed by atoms with Gasteiger partial charge in [0.1, 0.15) is 6.61 Å². The predicted octanol–water partition coefficient (Wildman–Crippen LogP) is 6.57. The topological polar surface area (TPSA) is 36.3 Å². The third-order valence-corrected chi connectivity index (χ3v) is 6.52. The Morgan fingerprint density at radius 3 is 2.47 bits per heavy atom. The lowest BCUT2D eigenvalue weighted by Gasteiger charge is -2.13. The molecule has 4 aromatic carbocycles. The largest absolute Gasteiger partial charge is 0.493 e. The number of ether oxygens (including phenoxy) is 2. The van der Waals surface area contributed by atoms with E-state index >= 15 is 0 Å². The van der Waals surface area contributed by atoms with Crippen LogP contribution in [0.25, 0.3) is 21.8 Å². The van der Waals surface area contributed by atoms with Crippen LogP contribution < -0.4 is 9.47 Å². The maximum absolute atomic E-state index is 6.04. The van der Waals surface area contributed by atoms with E-state index in [-0.39, 0.29) is 0 Å². The lowest BCUT2D eigenvalue weighted by molar-refractivity contribution is 0.278. The zero-order valence-corrected chi connectivity index (χ0v) is 18.7. The first-order chi connectivity index (χ1) is 15.8. The van der Waals surface area contributed by atoms with E-state index in [1.807, 2.05) is 30.3 Å². The van der Waals surface area contributed by atoms with Crippen molar-refractivity contribution in [1.82, 2.24) is 9.55 Å². The van der Waals surface area contributed by atoms with Gasteiger partial charge in [0.15, 0.2) is 16.7 Å². The number of thioether (sulfide) groups is 1. The molecule has 1 heterocycles. The van der Waals surface area contributed by atoms with E-state index < -0.39 is 0 Å². The van der Waals surface area contributed by atoms with E-state index in [0.29, 0.717) is 13.2 Å². The lowest BCUT2D eigenvalue weighted by atomic mass is 10.1. The molecular formula is C27H24N2O2S. The van der Waals surface area contributed by atoms with Crippen LogP contribution in [0.2, 0.25) is 0 Å². The van der Waals surface area contributed by atoms with Gasteiger partial charge in [0.25, 0.3) is 0 Å². The highest BCUT2D eigenvalue weighted by Gasteiger charge is 2.13. The fraction of sp³-hybridized carbons (Fsp3) is 0.148. The van der Waals surface area contributed by atoms with E-state index in [9.17, 15) is 0 Å². The molecule has 0 amide bonds. The number of hydrogen-bond acceptors (Lipinski definition) is 4. The minimum absolute atomic E-state index is 0.530. The standard InChI is InChI=1S/C27H24N2O2S/c1-30-25-15-6-7-16-26(25)31-18-17-29-24-14-5-4-13-23(24)28-27(29)32-19-21-11-8-10-20-9-2-3-12-22(20)21/h2-16H,17-19H2,1H3. The fourth-order valence-electron chi connectivity index (χ4n) is 3.93. The van der Waals surface area contributed by atoms with E-state index in [2.05, 4.69) is 65.2 Å². The van der Waals surface area contributed by atoms with Gasteiger partial charge in [-0.2, -0.15) is 0 Å². The Labute approximate surface area is 191 Å². The van der Waals surface area contributed by atoms with E-state index in [4.69, 9.17) is 14.5 Å². The number of methoxy groups -OCH3 is 1. The summed E-state index contributed by atoms with van der Waals surface area (Å²) in [4.78, 5) is 4.91. The number of hydrogen-bond donors (Lipinski definition) is 0. The second kappa shape index (κ2) is 9.37. The summed E-state index contributed by atoms with van der Waals surface area (Å²) in [5, 5.41) is 3.57. The Kier molecular flexibility index (Phi) is 5.99. The van der Waals surface area contributed by atoms with Crippen molar-refractivity contribution >= 4 is 33.6 Å². The van der Waals surface area contributed by atoms with Crippen LogP contribution in [0.5, 0.6) is 11.5 Å². The van der Waals surface area contributed by atoms with E-state index in [0.717, 1.165) is 33.4 Å². The first-order valence-corrected chi connectivity index (χ1v) is 11.6. The Balaban J connectivity index is 1.38. The quantitative estimate of drug-likeness (QED) is 0.256. The molecule has 4 nitrogen and oxygen atoms in total. The van der Waals surface area contributed by atoms with Crippen molar-refractivity contribution in [2.75, 3.05) is 13.7 Å². The van der Waals surface area contributed by atoms with Crippen molar-refractivity contribution in [3.63, 3.8) is 0 Å². The molecule has 5 aromatic rings. The third-order valence-electron chi connectivity index (χ3n) is 5.50. The van der Waals surface area contributed by atoms with Crippen LogP contribution in [-0.2, 0) is 12.3 Å². The molecule has 0 aliphatic rings. The average Bonchev–Trinajstić information content (AvgIpc) is 3.20. The van der Waals surface area contributed by atoms with Crippen molar-refractivity contribution in [2.45, 2.75) is 17.5 Å². The molecule has 1 aromatic heterocycles. The Morgan fingerprint density at radius 2 is 1.56 bits per heavy atom. The molecule has 160 valence electrons. The van der Waals surface area contributed by atoms with Gasteiger partial charge in [-0.3, -0.25) is 0 Å². The second-order valence-electron chi connectivity index (χ2n) is 7.46. The van der Waals surface area contributed by atoms with Crippen LogP contribution in [0.3, 0.4) is 0 Å². The number of imidazole rings is 1. The van der Waals surface area contributed by atoms with Gasteiger partial charge in [-0.1, -0.05) is 78.5 Å². The van der Waals surface area contributed by atoms with Gasteiger partial charge >= 0.3 is 0 Å². The zero-order chi connectivity index (χ0) is 21.8. The van der Waals surface area contributed by atoms with Crippen molar-refractivity contribution in [3.8, 4) is 11.5 Å². The first-order valence-electron chi connectivity index (χ1n) is 10.6. The summed E-state index contributed by atoms with van der Waals surface area (Å²) in [6.07, 6.45) is 0. The molecule has 0 bridgehead atoms. The smallest absolute Gasteiger partial charge is 0.169 e. The molecule has 0 spiro atoms. The molecule has 0 N–H and O–H groups in total. The number of fused-ring (bicyclic) bond motifs is 2. The predicted molar refractivity (Wildman–Crippen MR) is 132 cm³/mol. The minimum Gasteiger partial charge on any atom is -0.493 e. The molecular weight excluding hydrogens is 416 g/mol. The molecule has 0 saturated heterocycles. The van der Waals surface area contributed by atoms with Crippen molar-refractivity contribution < 1.29 is 9.47 Å². The number of nitrogens with zero attached hydrogens (tertiary/aromatic N) is 2. The second-order valence-corrected chi connectivity index (χ2v) is 8.40. The van der Waals surface area contributed by atoms with Crippen LogP contribution in [-0.4, -0.2) is 23.3 Å². The maximum atomic E-state index is 6.04. The molecule has 0 aliphatic carbocycles. The molecule has 0 unspecified atom stereocenters. The van der Waals surface area contributed by atoms with Crippen molar-refractivity contribution in [1.29, 1.82) is 0 Å². The lowest BCUT2D eigenvalue weighted by Crippen LogP contribution is -2.09. The first kappa shape index (κ1) is 20.5. The molecule has 5 rings (SSSR count). The molecule has 0 radical (unpaired) electrons. The van der Waals surface area contributed by atoms with Crippen LogP contribution in [0.4, 0.5) is 0 Å². The average molecular weight is 441 g/mol. The van der Waals surface area contributed by atoms with Gasteiger partial charge in [-0.05, 0) is 40.6 Å². The summed E-state index contributed by atoms with van der Waals surface area (Å²) in [6, 6.07) is 31.0. The highest BCUT2D eigenvalue weighted by molar-refractivity contribution is 7.98.